The molecule has 1 heterocycles. The van der Waals surface area contributed by atoms with Crippen LogP contribution in [0.2, 0.25) is 0 Å². The first-order valence-electron chi connectivity index (χ1n) is 6.17. The monoisotopic (exact) mass is 320 g/mol. The minimum Gasteiger partial charge on any atom is -0.455 e. The van der Waals surface area contributed by atoms with Gasteiger partial charge in [-0.05, 0) is 45.2 Å². The molecule has 1 aromatic heterocycles. The van der Waals surface area contributed by atoms with Crippen molar-refractivity contribution in [2.75, 3.05) is 7.05 Å². The van der Waals surface area contributed by atoms with Gasteiger partial charge in [-0.25, -0.2) is 0 Å². The average Bonchev–Trinajstić information content (AvgIpc) is 2.41. The Morgan fingerprint density at radius 2 is 2.05 bits per heavy atom. The van der Waals surface area contributed by atoms with Crippen molar-refractivity contribution in [3.8, 4) is 11.5 Å². The predicted molar refractivity (Wildman–Crippen MR) is 80.7 cm³/mol. The summed E-state index contributed by atoms with van der Waals surface area (Å²) in [4.78, 5) is 4.24. The summed E-state index contributed by atoms with van der Waals surface area (Å²) < 4.78 is 6.93. The summed E-state index contributed by atoms with van der Waals surface area (Å²) in [7, 11) is 1.93. The summed E-state index contributed by atoms with van der Waals surface area (Å²) in [5.41, 5.74) is 2.09. The predicted octanol–water partition coefficient (Wildman–Crippen LogP) is 4.23. The molecule has 1 atom stereocenters. The Balaban J connectivity index is 2.32. The summed E-state index contributed by atoms with van der Waals surface area (Å²) in [5.74, 6) is 1.58. The fourth-order valence-electron chi connectivity index (χ4n) is 1.75. The van der Waals surface area contributed by atoms with Crippen LogP contribution in [0.15, 0.2) is 41.0 Å². The highest BCUT2D eigenvalue weighted by Crippen LogP contribution is 2.32. The van der Waals surface area contributed by atoms with Crippen LogP contribution >= 0.6 is 15.9 Å². The summed E-state index contributed by atoms with van der Waals surface area (Å²) in [5, 5.41) is 3.23. The number of benzene rings is 1. The van der Waals surface area contributed by atoms with Crippen molar-refractivity contribution in [2.45, 2.75) is 19.9 Å². The van der Waals surface area contributed by atoms with Crippen LogP contribution in [0, 0.1) is 6.92 Å². The van der Waals surface area contributed by atoms with Crippen molar-refractivity contribution in [3.05, 3.63) is 52.3 Å². The van der Waals surface area contributed by atoms with E-state index in [0.717, 1.165) is 27.2 Å². The molecule has 2 aromatic rings. The maximum Gasteiger partial charge on any atom is 0.145 e. The SMILES string of the molecule is CNC(C)c1ccc(Br)cc1Oc1ccc(C)nc1. The first kappa shape index (κ1) is 14.0. The van der Waals surface area contributed by atoms with E-state index < -0.39 is 0 Å². The van der Waals surface area contributed by atoms with E-state index in [1.54, 1.807) is 6.20 Å². The summed E-state index contributed by atoms with van der Waals surface area (Å²) in [6.07, 6.45) is 1.74. The van der Waals surface area contributed by atoms with Crippen molar-refractivity contribution in [1.29, 1.82) is 0 Å². The molecule has 0 aliphatic rings. The lowest BCUT2D eigenvalue weighted by molar-refractivity contribution is 0.463. The van der Waals surface area contributed by atoms with E-state index in [0.29, 0.717) is 0 Å². The molecule has 0 amide bonds. The second-order valence-electron chi connectivity index (χ2n) is 4.43. The third-order valence-corrected chi connectivity index (χ3v) is 3.48. The molecule has 1 aromatic carbocycles. The topological polar surface area (TPSA) is 34.1 Å². The maximum atomic E-state index is 5.94. The molecule has 0 radical (unpaired) electrons. The first-order valence-corrected chi connectivity index (χ1v) is 6.96. The highest BCUT2D eigenvalue weighted by atomic mass is 79.9. The number of aromatic nitrogens is 1. The third kappa shape index (κ3) is 3.55. The Morgan fingerprint density at radius 1 is 1.26 bits per heavy atom. The summed E-state index contributed by atoms with van der Waals surface area (Å²) in [6.45, 7) is 4.06. The number of nitrogens with zero attached hydrogens (tertiary/aromatic N) is 1. The quantitative estimate of drug-likeness (QED) is 0.915. The van der Waals surface area contributed by atoms with Gasteiger partial charge < -0.3 is 10.1 Å². The van der Waals surface area contributed by atoms with Gasteiger partial charge in [-0.3, -0.25) is 4.98 Å². The molecule has 0 saturated heterocycles. The van der Waals surface area contributed by atoms with Gasteiger partial charge in [0.15, 0.2) is 0 Å². The Bertz CT molecular complexity index is 555. The smallest absolute Gasteiger partial charge is 0.145 e. The van der Waals surface area contributed by atoms with Crippen LogP contribution in [0.1, 0.15) is 24.2 Å². The molecule has 0 bridgehead atoms. The molecular formula is C15H17BrN2O. The summed E-state index contributed by atoms with van der Waals surface area (Å²) in [6, 6.07) is 10.1. The number of halogens is 1. The van der Waals surface area contributed by atoms with Gasteiger partial charge >= 0.3 is 0 Å². The normalized spacial score (nSPS) is 12.2. The molecule has 0 saturated carbocycles. The lowest BCUT2D eigenvalue weighted by atomic mass is 10.1. The molecule has 3 nitrogen and oxygen atoms in total. The molecule has 4 heteroatoms. The van der Waals surface area contributed by atoms with Crippen LogP contribution in [0.4, 0.5) is 0 Å². The van der Waals surface area contributed by atoms with Crippen molar-refractivity contribution < 1.29 is 4.74 Å². The van der Waals surface area contributed by atoms with Crippen LogP contribution in [0.25, 0.3) is 0 Å². The Hall–Kier alpha value is -1.39. The molecule has 0 spiro atoms. The van der Waals surface area contributed by atoms with Gasteiger partial charge in [-0.1, -0.05) is 22.0 Å². The highest BCUT2D eigenvalue weighted by molar-refractivity contribution is 9.10. The largest absolute Gasteiger partial charge is 0.455 e. The number of hydrogen-bond acceptors (Lipinski definition) is 3. The maximum absolute atomic E-state index is 5.94. The molecule has 19 heavy (non-hydrogen) atoms. The molecule has 100 valence electrons. The van der Waals surface area contributed by atoms with Crippen molar-refractivity contribution >= 4 is 15.9 Å². The minimum atomic E-state index is 0.224. The zero-order valence-corrected chi connectivity index (χ0v) is 12.9. The Labute approximate surface area is 122 Å². The van der Waals surface area contributed by atoms with Crippen LogP contribution in [-0.4, -0.2) is 12.0 Å². The van der Waals surface area contributed by atoms with Crippen LogP contribution in [0.3, 0.4) is 0 Å². The van der Waals surface area contributed by atoms with E-state index in [1.165, 1.54) is 0 Å². The summed E-state index contributed by atoms with van der Waals surface area (Å²) >= 11 is 3.48. The van der Waals surface area contributed by atoms with E-state index in [4.69, 9.17) is 4.74 Å². The number of hydrogen-bond donors (Lipinski definition) is 1. The van der Waals surface area contributed by atoms with Gasteiger partial charge in [0.1, 0.15) is 11.5 Å². The highest BCUT2D eigenvalue weighted by Gasteiger charge is 2.11. The molecule has 1 N–H and O–H groups in total. The Morgan fingerprint density at radius 3 is 2.68 bits per heavy atom. The standard InChI is InChI=1S/C15H17BrN2O/c1-10-4-6-13(9-18-10)19-15-8-12(16)5-7-14(15)11(2)17-3/h4-9,11,17H,1-3H3. The molecular weight excluding hydrogens is 304 g/mol. The van der Waals surface area contributed by atoms with E-state index in [1.807, 2.05) is 38.2 Å². The molecule has 1 unspecified atom stereocenters. The van der Waals surface area contributed by atoms with Gasteiger partial charge in [-0.2, -0.15) is 0 Å². The van der Waals surface area contributed by atoms with Crippen molar-refractivity contribution in [3.63, 3.8) is 0 Å². The van der Waals surface area contributed by atoms with Gasteiger partial charge in [0.25, 0.3) is 0 Å². The van der Waals surface area contributed by atoms with Crippen LogP contribution < -0.4 is 10.1 Å². The van der Waals surface area contributed by atoms with Gasteiger partial charge in [0.2, 0.25) is 0 Å². The minimum absolute atomic E-state index is 0.224. The van der Waals surface area contributed by atoms with Gasteiger partial charge in [0, 0.05) is 21.8 Å². The van der Waals surface area contributed by atoms with E-state index >= 15 is 0 Å². The van der Waals surface area contributed by atoms with E-state index in [-0.39, 0.29) is 6.04 Å². The number of rotatable bonds is 4. The number of aryl methyl sites for hydroxylation is 1. The van der Waals surface area contributed by atoms with Crippen molar-refractivity contribution in [2.24, 2.45) is 0 Å². The number of nitrogens with one attached hydrogen (secondary N) is 1. The van der Waals surface area contributed by atoms with Crippen LogP contribution in [-0.2, 0) is 0 Å². The van der Waals surface area contributed by atoms with Crippen molar-refractivity contribution in [1.82, 2.24) is 10.3 Å². The number of pyridine rings is 1. The average molecular weight is 321 g/mol. The van der Waals surface area contributed by atoms with Gasteiger partial charge in [0.05, 0.1) is 6.20 Å². The van der Waals surface area contributed by atoms with Gasteiger partial charge in [-0.15, -0.1) is 0 Å². The third-order valence-electron chi connectivity index (χ3n) is 2.99. The second-order valence-corrected chi connectivity index (χ2v) is 5.35. The lowest BCUT2D eigenvalue weighted by Crippen LogP contribution is -2.13. The fourth-order valence-corrected chi connectivity index (χ4v) is 2.09. The van der Waals surface area contributed by atoms with Crippen LogP contribution in [0.5, 0.6) is 11.5 Å². The molecule has 0 aliphatic heterocycles. The van der Waals surface area contributed by atoms with E-state index in [2.05, 4.69) is 39.2 Å². The molecule has 2 rings (SSSR count). The van der Waals surface area contributed by atoms with E-state index in [9.17, 15) is 0 Å². The number of ether oxygens (including phenoxy) is 1. The molecule has 0 aliphatic carbocycles. The Kier molecular flexibility index (Phi) is 4.56. The zero-order valence-electron chi connectivity index (χ0n) is 11.3. The fraction of sp³-hybridized carbons (Fsp3) is 0.267. The lowest BCUT2D eigenvalue weighted by Gasteiger charge is -2.16. The second kappa shape index (κ2) is 6.17. The zero-order chi connectivity index (χ0) is 13.8. The molecule has 0 fully saturated rings. The first-order chi connectivity index (χ1) is 9.10.